The number of hydrogen-bond acceptors (Lipinski definition) is 1. The number of quaternary nitrogens is 1. The molecule has 2 nitrogen and oxygen atoms in total. The lowest BCUT2D eigenvalue weighted by Gasteiger charge is -2.27. The molecule has 1 atom stereocenters. The van der Waals surface area contributed by atoms with Crippen LogP contribution in [0, 0.1) is 0 Å². The zero-order chi connectivity index (χ0) is 19.5. The van der Waals surface area contributed by atoms with Crippen molar-refractivity contribution >= 4 is 6.34 Å². The molecule has 0 aromatic heterocycles. The van der Waals surface area contributed by atoms with E-state index in [1.807, 2.05) is 6.20 Å². The molecule has 0 radical (unpaired) electrons. The summed E-state index contributed by atoms with van der Waals surface area (Å²) >= 11 is 0. The van der Waals surface area contributed by atoms with Crippen molar-refractivity contribution < 1.29 is 21.5 Å². The fourth-order valence-corrected chi connectivity index (χ4v) is 4.19. The molecule has 1 heterocycles. The van der Waals surface area contributed by atoms with Crippen LogP contribution < -0.4 is 17.0 Å². The van der Waals surface area contributed by atoms with E-state index in [1.54, 1.807) is 0 Å². The maximum Gasteiger partial charge on any atom is 0.194 e. The van der Waals surface area contributed by atoms with Crippen molar-refractivity contribution in [3.05, 3.63) is 12.4 Å². The zero-order valence-corrected chi connectivity index (χ0v) is 20.7. The molecule has 0 aromatic rings. The number of nitrogens with zero attached hydrogens (tertiary/aromatic N) is 2. The van der Waals surface area contributed by atoms with Crippen molar-refractivity contribution in [2.45, 2.75) is 129 Å². The summed E-state index contributed by atoms with van der Waals surface area (Å²) in [4.78, 5) is 4.42. The molecule has 1 rings (SSSR count). The third-order valence-electron chi connectivity index (χ3n) is 6.10. The number of rotatable bonds is 20. The normalized spacial score (nSPS) is 17.9. The van der Waals surface area contributed by atoms with Crippen LogP contribution in [0.15, 0.2) is 17.4 Å². The lowest BCUT2D eigenvalue weighted by atomic mass is 10.1. The lowest BCUT2D eigenvalue weighted by molar-refractivity contribution is -0.780. The van der Waals surface area contributed by atoms with Gasteiger partial charge in [-0.05, 0) is 25.7 Å². The fraction of sp³-hybridized carbons (Fsp3) is 0.880. The molecule has 0 aliphatic carbocycles. The maximum atomic E-state index is 4.42. The Morgan fingerprint density at radius 1 is 0.536 bits per heavy atom. The molecule has 0 aromatic carbocycles. The van der Waals surface area contributed by atoms with E-state index in [-0.39, 0.29) is 17.0 Å². The average molecular weight is 458 g/mol. The van der Waals surface area contributed by atoms with Gasteiger partial charge in [0.05, 0.1) is 19.3 Å². The van der Waals surface area contributed by atoms with E-state index in [0.717, 1.165) is 4.48 Å². The SMILES string of the molecule is CCCCCCCCCCCC[N+]1(CCCCCCCCCC)C=CN=C1.[Br-]. The van der Waals surface area contributed by atoms with Crippen molar-refractivity contribution in [2.75, 3.05) is 13.1 Å². The predicted molar refractivity (Wildman–Crippen MR) is 122 cm³/mol. The number of halogens is 1. The van der Waals surface area contributed by atoms with E-state index in [9.17, 15) is 0 Å². The van der Waals surface area contributed by atoms with E-state index in [4.69, 9.17) is 0 Å². The van der Waals surface area contributed by atoms with E-state index >= 15 is 0 Å². The Morgan fingerprint density at radius 3 is 1.21 bits per heavy atom. The highest BCUT2D eigenvalue weighted by molar-refractivity contribution is 5.50. The van der Waals surface area contributed by atoms with Gasteiger partial charge in [-0.3, -0.25) is 4.48 Å². The van der Waals surface area contributed by atoms with E-state index in [0.29, 0.717) is 0 Å². The zero-order valence-electron chi connectivity index (χ0n) is 19.1. The third kappa shape index (κ3) is 14.8. The average Bonchev–Trinajstić information content (AvgIpc) is 3.14. The molecular formula is C25H49BrN2. The molecule has 0 amide bonds. The van der Waals surface area contributed by atoms with Gasteiger partial charge in [-0.15, -0.1) is 0 Å². The maximum absolute atomic E-state index is 4.42. The smallest absolute Gasteiger partial charge is 0.194 e. The van der Waals surface area contributed by atoms with Crippen LogP contribution in [0.2, 0.25) is 0 Å². The van der Waals surface area contributed by atoms with E-state index in [1.165, 1.54) is 129 Å². The van der Waals surface area contributed by atoms with Crippen LogP contribution in [0.1, 0.15) is 129 Å². The van der Waals surface area contributed by atoms with Gasteiger partial charge in [0.2, 0.25) is 0 Å². The Labute approximate surface area is 187 Å². The van der Waals surface area contributed by atoms with Crippen molar-refractivity contribution in [1.82, 2.24) is 0 Å². The molecule has 1 unspecified atom stereocenters. The Kier molecular flexibility index (Phi) is 20.0. The summed E-state index contributed by atoms with van der Waals surface area (Å²) in [6, 6.07) is 0. The first kappa shape index (κ1) is 27.8. The molecule has 166 valence electrons. The molecule has 0 saturated carbocycles. The largest absolute Gasteiger partial charge is 1.00 e. The first-order valence-corrected chi connectivity index (χ1v) is 12.4. The summed E-state index contributed by atoms with van der Waals surface area (Å²) < 4.78 is 1.02. The minimum Gasteiger partial charge on any atom is -1.00 e. The van der Waals surface area contributed by atoms with E-state index < -0.39 is 0 Å². The van der Waals surface area contributed by atoms with Gasteiger partial charge in [-0.1, -0.05) is 104 Å². The summed E-state index contributed by atoms with van der Waals surface area (Å²) in [5.74, 6) is 0. The van der Waals surface area contributed by atoms with Crippen LogP contribution in [0.3, 0.4) is 0 Å². The second-order valence-electron chi connectivity index (χ2n) is 8.77. The molecule has 0 N–H and O–H groups in total. The van der Waals surface area contributed by atoms with Gasteiger partial charge in [0, 0.05) is 0 Å². The quantitative estimate of drug-likeness (QED) is 0.172. The van der Waals surface area contributed by atoms with Gasteiger partial charge in [-0.2, -0.15) is 0 Å². The van der Waals surface area contributed by atoms with Crippen LogP contribution in [-0.4, -0.2) is 23.9 Å². The Balaban J connectivity index is 0.00000729. The van der Waals surface area contributed by atoms with Crippen molar-refractivity contribution in [1.29, 1.82) is 0 Å². The second-order valence-corrected chi connectivity index (χ2v) is 8.77. The monoisotopic (exact) mass is 456 g/mol. The molecule has 1 aliphatic rings. The van der Waals surface area contributed by atoms with Crippen LogP contribution in [0.4, 0.5) is 0 Å². The number of hydrogen-bond donors (Lipinski definition) is 0. The van der Waals surface area contributed by atoms with Crippen LogP contribution >= 0.6 is 0 Å². The molecule has 0 fully saturated rings. The van der Waals surface area contributed by atoms with Gasteiger partial charge < -0.3 is 17.0 Å². The number of aliphatic imine (C=N–C) groups is 1. The van der Waals surface area contributed by atoms with Gasteiger partial charge in [0.1, 0.15) is 6.20 Å². The highest BCUT2D eigenvalue weighted by Gasteiger charge is 2.24. The highest BCUT2D eigenvalue weighted by atomic mass is 79.9. The molecule has 1 aliphatic heterocycles. The number of unbranched alkanes of at least 4 members (excludes halogenated alkanes) is 16. The minimum atomic E-state index is 0. The highest BCUT2D eigenvalue weighted by Crippen LogP contribution is 2.18. The fourth-order valence-electron chi connectivity index (χ4n) is 4.19. The van der Waals surface area contributed by atoms with Crippen LogP contribution in [-0.2, 0) is 0 Å². The summed E-state index contributed by atoms with van der Waals surface area (Å²) in [6.45, 7) is 7.10. The standard InChI is InChI=1S/C25H49N2.BrH/c1-3-5-7-9-11-13-14-16-18-20-23-27(24-21-26-25-27)22-19-17-15-12-10-8-6-4-2;/h21,24-25H,3-20,22-23H2,1-2H3;1H/q+1;/p-1. The van der Waals surface area contributed by atoms with Crippen molar-refractivity contribution in [3.63, 3.8) is 0 Å². The Hall–Kier alpha value is -0.150. The second kappa shape index (κ2) is 20.1. The Bertz CT molecular complexity index is 367. The first-order chi connectivity index (χ1) is 13.3. The summed E-state index contributed by atoms with van der Waals surface area (Å²) in [6.07, 6.45) is 32.0. The topological polar surface area (TPSA) is 12.4 Å². The van der Waals surface area contributed by atoms with Gasteiger partial charge in [0.15, 0.2) is 6.34 Å². The Morgan fingerprint density at radius 2 is 0.893 bits per heavy atom. The predicted octanol–water partition coefficient (Wildman–Crippen LogP) is 5.38. The van der Waals surface area contributed by atoms with Crippen LogP contribution in [0.25, 0.3) is 0 Å². The van der Waals surface area contributed by atoms with E-state index in [2.05, 4.69) is 31.4 Å². The third-order valence-corrected chi connectivity index (χ3v) is 6.10. The first-order valence-electron chi connectivity index (χ1n) is 12.4. The van der Waals surface area contributed by atoms with Crippen molar-refractivity contribution in [2.24, 2.45) is 4.99 Å². The molecule has 0 spiro atoms. The lowest BCUT2D eigenvalue weighted by Crippen LogP contribution is -3.00. The van der Waals surface area contributed by atoms with Gasteiger partial charge >= 0.3 is 0 Å². The van der Waals surface area contributed by atoms with Crippen molar-refractivity contribution in [3.8, 4) is 0 Å². The molecule has 0 saturated heterocycles. The summed E-state index contributed by atoms with van der Waals surface area (Å²) in [5.41, 5.74) is 0. The van der Waals surface area contributed by atoms with Crippen LogP contribution in [0.5, 0.6) is 0 Å². The molecule has 3 heteroatoms. The van der Waals surface area contributed by atoms with Gasteiger partial charge in [-0.25, -0.2) is 4.99 Å². The minimum absolute atomic E-state index is 0. The molecule has 28 heavy (non-hydrogen) atoms. The van der Waals surface area contributed by atoms with Gasteiger partial charge in [0.25, 0.3) is 0 Å². The summed E-state index contributed by atoms with van der Waals surface area (Å²) in [7, 11) is 0. The molecular weight excluding hydrogens is 408 g/mol. The molecule has 0 bridgehead atoms. The summed E-state index contributed by atoms with van der Waals surface area (Å²) in [5, 5.41) is 0.